The van der Waals surface area contributed by atoms with Gasteiger partial charge in [-0.2, -0.15) is 13.1 Å². The van der Waals surface area contributed by atoms with Gasteiger partial charge in [-0.25, -0.2) is 8.42 Å². The average Bonchev–Trinajstić information content (AvgIpc) is 3.22. The Bertz CT molecular complexity index is 1190. The standard InChI is InChI=1S/C19H18Cl2N4O3S2/c20-14-5-4-13(15(21)10-14)11-22-19(26)12-6-8-25(9-7-12)30(27,28)17-3-1-2-16-18(17)24-29-23-16/h1-5,10,12H,6-9,11H2,(H,22,26). The van der Waals surface area contributed by atoms with E-state index in [0.717, 1.165) is 17.3 Å². The first-order valence-electron chi connectivity index (χ1n) is 9.29. The number of nitrogens with zero attached hydrogens (tertiary/aromatic N) is 3. The summed E-state index contributed by atoms with van der Waals surface area (Å²) in [5, 5.41) is 3.91. The molecule has 0 bridgehead atoms. The lowest BCUT2D eigenvalue weighted by Gasteiger charge is -2.30. The summed E-state index contributed by atoms with van der Waals surface area (Å²) in [4.78, 5) is 12.7. The zero-order chi connectivity index (χ0) is 21.3. The number of amides is 1. The fourth-order valence-electron chi connectivity index (χ4n) is 3.48. The van der Waals surface area contributed by atoms with Gasteiger partial charge in [-0.15, -0.1) is 0 Å². The molecular weight excluding hydrogens is 467 g/mol. The summed E-state index contributed by atoms with van der Waals surface area (Å²) in [5.41, 5.74) is 1.73. The average molecular weight is 485 g/mol. The molecule has 1 fully saturated rings. The molecule has 0 saturated carbocycles. The predicted molar refractivity (Wildman–Crippen MR) is 117 cm³/mol. The van der Waals surface area contributed by atoms with Crippen molar-refractivity contribution in [2.75, 3.05) is 13.1 Å². The Morgan fingerprint density at radius 1 is 1.17 bits per heavy atom. The summed E-state index contributed by atoms with van der Waals surface area (Å²) in [6, 6.07) is 10.1. The van der Waals surface area contributed by atoms with E-state index in [1.165, 1.54) is 4.31 Å². The fourth-order valence-corrected chi connectivity index (χ4v) is 6.18. The van der Waals surface area contributed by atoms with Crippen molar-refractivity contribution < 1.29 is 13.2 Å². The van der Waals surface area contributed by atoms with E-state index >= 15 is 0 Å². The van der Waals surface area contributed by atoms with Crippen LogP contribution in [0.2, 0.25) is 10.0 Å². The molecule has 4 rings (SSSR count). The molecule has 1 aromatic heterocycles. The van der Waals surface area contributed by atoms with Crippen LogP contribution >= 0.6 is 34.9 Å². The van der Waals surface area contributed by atoms with Crippen LogP contribution < -0.4 is 5.32 Å². The molecule has 30 heavy (non-hydrogen) atoms. The zero-order valence-electron chi connectivity index (χ0n) is 15.7. The van der Waals surface area contributed by atoms with E-state index in [1.807, 2.05) is 0 Å². The van der Waals surface area contributed by atoms with Crippen LogP contribution in [0.3, 0.4) is 0 Å². The van der Waals surface area contributed by atoms with Gasteiger partial charge in [-0.3, -0.25) is 4.79 Å². The SMILES string of the molecule is O=C(NCc1ccc(Cl)cc1Cl)C1CCN(S(=O)(=O)c2cccc3nsnc23)CC1. The Kier molecular flexibility index (Phi) is 6.26. The first-order valence-corrected chi connectivity index (χ1v) is 12.2. The van der Waals surface area contributed by atoms with E-state index in [1.54, 1.807) is 36.4 Å². The second kappa shape index (κ2) is 8.76. The van der Waals surface area contributed by atoms with Gasteiger partial charge in [0.15, 0.2) is 0 Å². The number of hydrogen-bond donors (Lipinski definition) is 1. The van der Waals surface area contributed by atoms with Crippen LogP contribution in [0.4, 0.5) is 0 Å². The minimum Gasteiger partial charge on any atom is -0.352 e. The molecule has 1 aliphatic heterocycles. The minimum absolute atomic E-state index is 0.108. The van der Waals surface area contributed by atoms with Crippen molar-refractivity contribution in [2.24, 2.45) is 5.92 Å². The Labute approximate surface area is 188 Å². The maximum atomic E-state index is 13.1. The van der Waals surface area contributed by atoms with Gasteiger partial charge in [0.1, 0.15) is 15.9 Å². The molecule has 0 unspecified atom stereocenters. The summed E-state index contributed by atoms with van der Waals surface area (Å²) >= 11 is 13.0. The molecule has 11 heteroatoms. The van der Waals surface area contributed by atoms with Crippen molar-refractivity contribution >= 4 is 61.9 Å². The van der Waals surface area contributed by atoms with Gasteiger partial charge in [-0.1, -0.05) is 35.3 Å². The van der Waals surface area contributed by atoms with Crippen molar-refractivity contribution in [1.82, 2.24) is 18.4 Å². The normalized spacial score (nSPS) is 16.1. The van der Waals surface area contributed by atoms with Gasteiger partial charge < -0.3 is 5.32 Å². The van der Waals surface area contributed by atoms with Crippen LogP contribution in [0, 0.1) is 5.92 Å². The lowest BCUT2D eigenvalue weighted by atomic mass is 9.97. The number of carbonyl (C=O) groups excluding carboxylic acids is 1. The molecule has 0 radical (unpaired) electrons. The molecule has 2 heterocycles. The van der Waals surface area contributed by atoms with Crippen LogP contribution in [0.15, 0.2) is 41.3 Å². The number of nitrogens with one attached hydrogen (secondary N) is 1. The maximum Gasteiger partial charge on any atom is 0.245 e. The fraction of sp³-hybridized carbons (Fsp3) is 0.316. The van der Waals surface area contributed by atoms with E-state index in [4.69, 9.17) is 23.2 Å². The molecule has 7 nitrogen and oxygen atoms in total. The highest BCUT2D eigenvalue weighted by atomic mass is 35.5. The number of rotatable bonds is 5. The van der Waals surface area contributed by atoms with E-state index in [-0.39, 0.29) is 29.8 Å². The third kappa shape index (κ3) is 4.31. The van der Waals surface area contributed by atoms with Crippen molar-refractivity contribution in [3.05, 3.63) is 52.0 Å². The van der Waals surface area contributed by atoms with Gasteiger partial charge in [-0.05, 0) is 42.7 Å². The molecule has 1 aliphatic rings. The lowest BCUT2D eigenvalue weighted by molar-refractivity contribution is -0.126. The maximum absolute atomic E-state index is 13.1. The Hall–Kier alpha value is -1.78. The van der Waals surface area contributed by atoms with Gasteiger partial charge in [0, 0.05) is 35.6 Å². The molecule has 2 aromatic carbocycles. The van der Waals surface area contributed by atoms with Crippen LogP contribution in [0.1, 0.15) is 18.4 Å². The van der Waals surface area contributed by atoms with Crippen LogP contribution in [-0.2, 0) is 21.4 Å². The molecule has 158 valence electrons. The van der Waals surface area contributed by atoms with Crippen molar-refractivity contribution in [1.29, 1.82) is 0 Å². The topological polar surface area (TPSA) is 92.3 Å². The number of carbonyl (C=O) groups is 1. The summed E-state index contributed by atoms with van der Waals surface area (Å²) in [6.07, 6.45) is 0.898. The number of piperidine rings is 1. The molecule has 0 atom stereocenters. The van der Waals surface area contributed by atoms with E-state index in [0.29, 0.717) is 40.5 Å². The number of halogens is 2. The molecule has 1 amide bonds. The molecule has 0 spiro atoms. The second-order valence-electron chi connectivity index (χ2n) is 7.02. The highest BCUT2D eigenvalue weighted by Crippen LogP contribution is 2.28. The highest BCUT2D eigenvalue weighted by Gasteiger charge is 2.33. The van der Waals surface area contributed by atoms with E-state index < -0.39 is 10.0 Å². The number of sulfonamides is 1. The largest absolute Gasteiger partial charge is 0.352 e. The quantitative estimate of drug-likeness (QED) is 0.595. The van der Waals surface area contributed by atoms with E-state index in [9.17, 15) is 13.2 Å². The van der Waals surface area contributed by atoms with Crippen molar-refractivity contribution in [3.63, 3.8) is 0 Å². The highest BCUT2D eigenvalue weighted by molar-refractivity contribution is 7.89. The summed E-state index contributed by atoms with van der Waals surface area (Å²) in [5.74, 6) is -0.358. The van der Waals surface area contributed by atoms with Crippen LogP contribution in [0.5, 0.6) is 0 Å². The molecule has 3 aromatic rings. The third-order valence-corrected chi connectivity index (χ3v) is 8.22. The predicted octanol–water partition coefficient (Wildman–Crippen LogP) is 3.72. The Morgan fingerprint density at radius 2 is 1.93 bits per heavy atom. The molecule has 1 N–H and O–H groups in total. The molecule has 0 aliphatic carbocycles. The monoisotopic (exact) mass is 484 g/mol. The number of aromatic nitrogens is 2. The smallest absolute Gasteiger partial charge is 0.245 e. The first-order chi connectivity index (χ1) is 14.4. The van der Waals surface area contributed by atoms with Gasteiger partial charge in [0.25, 0.3) is 0 Å². The number of benzene rings is 2. The van der Waals surface area contributed by atoms with Crippen LogP contribution in [0.25, 0.3) is 11.0 Å². The van der Waals surface area contributed by atoms with Gasteiger partial charge in [0.2, 0.25) is 15.9 Å². The lowest BCUT2D eigenvalue weighted by Crippen LogP contribution is -2.42. The first kappa shape index (κ1) is 21.5. The van der Waals surface area contributed by atoms with Gasteiger partial charge >= 0.3 is 0 Å². The third-order valence-electron chi connectivity index (χ3n) is 5.16. The van der Waals surface area contributed by atoms with Crippen LogP contribution in [-0.4, -0.2) is 40.5 Å². The molecule has 1 saturated heterocycles. The van der Waals surface area contributed by atoms with Gasteiger partial charge in [0.05, 0.1) is 11.7 Å². The summed E-state index contributed by atoms with van der Waals surface area (Å²) < 4.78 is 35.8. The Morgan fingerprint density at radius 3 is 2.67 bits per heavy atom. The molecular formula is C19H18Cl2N4O3S2. The number of fused-ring (bicyclic) bond motifs is 1. The summed E-state index contributed by atoms with van der Waals surface area (Å²) in [7, 11) is -3.70. The summed E-state index contributed by atoms with van der Waals surface area (Å²) in [6.45, 7) is 0.846. The minimum atomic E-state index is -3.70. The second-order valence-corrected chi connectivity index (χ2v) is 10.3. The van der Waals surface area contributed by atoms with Crippen molar-refractivity contribution in [2.45, 2.75) is 24.3 Å². The number of hydrogen-bond acceptors (Lipinski definition) is 6. The van der Waals surface area contributed by atoms with Crippen molar-refractivity contribution in [3.8, 4) is 0 Å². The van der Waals surface area contributed by atoms with E-state index in [2.05, 4.69) is 14.1 Å². The zero-order valence-corrected chi connectivity index (χ0v) is 18.9. The Balaban J connectivity index is 1.38.